The maximum Gasteiger partial charge on any atom is 0.262 e. The van der Waals surface area contributed by atoms with Crippen LogP contribution in [0.25, 0.3) is 0 Å². The van der Waals surface area contributed by atoms with Gasteiger partial charge >= 0.3 is 0 Å². The van der Waals surface area contributed by atoms with Crippen molar-refractivity contribution in [3.63, 3.8) is 0 Å². The monoisotopic (exact) mass is 382 g/mol. The van der Waals surface area contributed by atoms with Crippen LogP contribution in [0.1, 0.15) is 48.8 Å². The Morgan fingerprint density at radius 2 is 2.11 bits per heavy atom. The number of hydrogen-bond acceptors (Lipinski definition) is 4. The molecule has 2 aromatic rings. The summed E-state index contributed by atoms with van der Waals surface area (Å²) in [5, 5.41) is 13.2. The predicted molar refractivity (Wildman–Crippen MR) is 109 cm³/mol. The lowest BCUT2D eigenvalue weighted by molar-refractivity contribution is -0.118. The second-order valence-corrected chi connectivity index (χ2v) is 9.33. The number of para-hydroxylation sites is 1. The zero-order valence-corrected chi connectivity index (χ0v) is 17.2. The van der Waals surface area contributed by atoms with Gasteiger partial charge in [-0.3, -0.25) is 4.79 Å². The van der Waals surface area contributed by atoms with Crippen molar-refractivity contribution in [2.75, 3.05) is 11.9 Å². The number of hydrogen-bond donors (Lipinski definition) is 1. The number of ether oxygens (including phenoxy) is 1. The molecular weight excluding hydrogens is 356 g/mol. The summed E-state index contributed by atoms with van der Waals surface area (Å²) in [6.07, 6.45) is 2.98. The van der Waals surface area contributed by atoms with Gasteiger partial charge in [0.1, 0.15) is 16.8 Å². The minimum atomic E-state index is -0.235. The van der Waals surface area contributed by atoms with E-state index in [0.29, 0.717) is 22.2 Å². The first-order valence-electron chi connectivity index (χ1n) is 9.32. The second-order valence-electron chi connectivity index (χ2n) is 8.23. The van der Waals surface area contributed by atoms with E-state index in [4.69, 9.17) is 4.74 Å². The highest BCUT2D eigenvalue weighted by Gasteiger charge is 2.32. The van der Waals surface area contributed by atoms with Crippen molar-refractivity contribution >= 4 is 22.2 Å². The fourth-order valence-corrected chi connectivity index (χ4v) is 4.85. The molecule has 1 amide bonds. The Labute approximate surface area is 165 Å². The number of nitrogens with one attached hydrogen (secondary N) is 1. The molecule has 27 heavy (non-hydrogen) atoms. The molecule has 1 aliphatic rings. The predicted octanol–water partition coefficient (Wildman–Crippen LogP) is 5.10. The fourth-order valence-electron chi connectivity index (χ4n) is 3.56. The van der Waals surface area contributed by atoms with Crippen LogP contribution in [0.4, 0.5) is 5.00 Å². The fraction of sp³-hybridized carbons (Fsp3) is 0.455. The molecule has 0 saturated carbocycles. The third kappa shape index (κ3) is 4.33. The van der Waals surface area contributed by atoms with E-state index in [1.165, 1.54) is 4.88 Å². The number of amides is 1. The van der Waals surface area contributed by atoms with Gasteiger partial charge in [-0.25, -0.2) is 0 Å². The SMILES string of the molecule is Cc1ccccc1OCC(=O)Nc1sc2c(c1C#N)CC[C@H](C(C)(C)C)C2. The van der Waals surface area contributed by atoms with Crippen molar-refractivity contribution in [1.29, 1.82) is 5.26 Å². The van der Waals surface area contributed by atoms with Crippen LogP contribution < -0.4 is 10.1 Å². The Morgan fingerprint density at radius 3 is 2.78 bits per heavy atom. The van der Waals surface area contributed by atoms with Gasteiger partial charge in [-0.05, 0) is 54.7 Å². The Kier molecular flexibility index (Phi) is 5.57. The molecule has 1 heterocycles. The summed E-state index contributed by atoms with van der Waals surface area (Å²) in [6.45, 7) is 8.69. The molecule has 1 aromatic carbocycles. The number of benzene rings is 1. The van der Waals surface area contributed by atoms with E-state index in [2.05, 4.69) is 32.2 Å². The number of carbonyl (C=O) groups is 1. The van der Waals surface area contributed by atoms with Crippen LogP contribution in [0.5, 0.6) is 5.75 Å². The van der Waals surface area contributed by atoms with Crippen molar-refractivity contribution in [1.82, 2.24) is 0 Å². The summed E-state index contributed by atoms with van der Waals surface area (Å²) in [6, 6.07) is 9.91. The summed E-state index contributed by atoms with van der Waals surface area (Å²) >= 11 is 1.55. The van der Waals surface area contributed by atoms with Crippen LogP contribution in [-0.2, 0) is 17.6 Å². The Bertz CT molecular complexity index is 887. The minimum Gasteiger partial charge on any atom is -0.483 e. The van der Waals surface area contributed by atoms with E-state index in [1.807, 2.05) is 31.2 Å². The molecular formula is C22H26N2O2S. The van der Waals surface area contributed by atoms with Gasteiger partial charge in [-0.2, -0.15) is 5.26 Å². The van der Waals surface area contributed by atoms with Gasteiger partial charge in [-0.1, -0.05) is 39.0 Å². The molecule has 0 aliphatic heterocycles. The van der Waals surface area contributed by atoms with Crippen LogP contribution in [-0.4, -0.2) is 12.5 Å². The van der Waals surface area contributed by atoms with E-state index < -0.39 is 0 Å². The first-order chi connectivity index (χ1) is 12.8. The molecule has 1 aromatic heterocycles. The lowest BCUT2D eigenvalue weighted by atomic mass is 9.72. The van der Waals surface area contributed by atoms with Gasteiger partial charge in [0.15, 0.2) is 6.61 Å². The smallest absolute Gasteiger partial charge is 0.262 e. The Hall–Kier alpha value is -2.32. The average Bonchev–Trinajstić information content (AvgIpc) is 2.96. The highest BCUT2D eigenvalue weighted by Crippen LogP contribution is 2.43. The van der Waals surface area contributed by atoms with E-state index in [9.17, 15) is 10.1 Å². The van der Waals surface area contributed by atoms with E-state index in [-0.39, 0.29) is 17.9 Å². The molecule has 1 aliphatic carbocycles. The average molecular weight is 383 g/mol. The highest BCUT2D eigenvalue weighted by atomic mass is 32.1. The topological polar surface area (TPSA) is 62.1 Å². The van der Waals surface area contributed by atoms with Crippen molar-refractivity contribution in [2.45, 2.75) is 47.0 Å². The summed E-state index contributed by atoms with van der Waals surface area (Å²) < 4.78 is 5.62. The molecule has 0 spiro atoms. The maximum atomic E-state index is 12.4. The third-order valence-electron chi connectivity index (χ3n) is 5.31. The van der Waals surface area contributed by atoms with Crippen molar-refractivity contribution in [2.24, 2.45) is 11.3 Å². The first-order valence-corrected chi connectivity index (χ1v) is 10.1. The van der Waals surface area contributed by atoms with Gasteiger partial charge < -0.3 is 10.1 Å². The zero-order valence-electron chi connectivity index (χ0n) is 16.4. The number of nitriles is 1. The molecule has 0 radical (unpaired) electrons. The largest absolute Gasteiger partial charge is 0.483 e. The minimum absolute atomic E-state index is 0.0666. The summed E-state index contributed by atoms with van der Waals surface area (Å²) in [4.78, 5) is 13.6. The molecule has 142 valence electrons. The van der Waals surface area contributed by atoms with Crippen molar-refractivity contribution in [3.8, 4) is 11.8 Å². The van der Waals surface area contributed by atoms with Gasteiger partial charge in [0, 0.05) is 4.88 Å². The molecule has 1 N–H and O–H groups in total. The van der Waals surface area contributed by atoms with E-state index >= 15 is 0 Å². The Morgan fingerprint density at radius 1 is 1.37 bits per heavy atom. The van der Waals surface area contributed by atoms with Crippen LogP contribution >= 0.6 is 11.3 Å². The van der Waals surface area contributed by atoms with Gasteiger partial charge in [0.05, 0.1) is 5.56 Å². The molecule has 0 saturated heterocycles. The van der Waals surface area contributed by atoms with Crippen molar-refractivity contribution < 1.29 is 9.53 Å². The molecule has 0 unspecified atom stereocenters. The van der Waals surface area contributed by atoms with Crippen LogP contribution in [0, 0.1) is 29.6 Å². The summed E-state index contributed by atoms with van der Waals surface area (Å²) in [7, 11) is 0. The van der Waals surface area contributed by atoms with E-state index in [1.54, 1.807) is 11.3 Å². The van der Waals surface area contributed by atoms with Crippen LogP contribution in [0.15, 0.2) is 24.3 Å². The number of thiophene rings is 1. The highest BCUT2D eigenvalue weighted by molar-refractivity contribution is 7.16. The van der Waals surface area contributed by atoms with Crippen LogP contribution in [0.3, 0.4) is 0 Å². The number of aryl methyl sites for hydroxylation is 1. The zero-order chi connectivity index (χ0) is 19.6. The van der Waals surface area contributed by atoms with Gasteiger partial charge in [0.25, 0.3) is 5.91 Å². The maximum absolute atomic E-state index is 12.4. The van der Waals surface area contributed by atoms with Crippen LogP contribution in [0.2, 0.25) is 0 Å². The molecule has 3 rings (SSSR count). The molecule has 4 nitrogen and oxygen atoms in total. The summed E-state index contributed by atoms with van der Waals surface area (Å²) in [5.41, 5.74) is 2.99. The molecule has 0 fully saturated rings. The normalized spacial score (nSPS) is 16.3. The number of nitrogens with zero attached hydrogens (tertiary/aromatic N) is 1. The molecule has 1 atom stereocenters. The number of rotatable bonds is 4. The van der Waals surface area contributed by atoms with E-state index in [0.717, 1.165) is 30.4 Å². The van der Waals surface area contributed by atoms with Gasteiger partial charge in [0.2, 0.25) is 0 Å². The number of fused-ring (bicyclic) bond motifs is 1. The Balaban J connectivity index is 1.71. The molecule has 0 bridgehead atoms. The number of anilines is 1. The van der Waals surface area contributed by atoms with Crippen molar-refractivity contribution in [3.05, 3.63) is 45.8 Å². The lowest BCUT2D eigenvalue weighted by Crippen LogP contribution is -2.26. The summed E-state index contributed by atoms with van der Waals surface area (Å²) in [5.74, 6) is 1.07. The molecule has 5 heteroatoms. The standard InChI is InChI=1S/C22H26N2O2S/c1-14-7-5-6-8-18(14)26-13-20(25)24-21-17(12-23)16-10-9-15(22(2,3)4)11-19(16)27-21/h5-8,15H,9-11,13H2,1-4H3,(H,24,25)/t15-/m0/s1. The second kappa shape index (κ2) is 7.74. The number of carbonyl (C=O) groups excluding carboxylic acids is 1. The first kappa shape index (κ1) is 19.4. The quantitative estimate of drug-likeness (QED) is 0.800. The third-order valence-corrected chi connectivity index (χ3v) is 6.48. The van der Waals surface area contributed by atoms with Gasteiger partial charge in [-0.15, -0.1) is 11.3 Å². The lowest BCUT2D eigenvalue weighted by Gasteiger charge is -2.33.